The van der Waals surface area contributed by atoms with Crippen molar-refractivity contribution >= 4 is 56.6 Å². The van der Waals surface area contributed by atoms with Gasteiger partial charge < -0.3 is 9.30 Å². The fraction of sp³-hybridized carbons (Fsp3) is 0.167. The van der Waals surface area contributed by atoms with Crippen molar-refractivity contribution in [2.24, 2.45) is 4.99 Å². The smallest absolute Gasteiger partial charge is 0.416 e. The second-order valence-corrected chi connectivity index (χ2v) is 7.54. The average molecular weight is 463 g/mol. The van der Waals surface area contributed by atoms with Crippen molar-refractivity contribution in [1.82, 2.24) is 4.57 Å². The monoisotopic (exact) mass is 462 g/mol. The number of methoxy groups -OCH3 is 1. The fourth-order valence-corrected chi connectivity index (χ4v) is 4.02. The van der Waals surface area contributed by atoms with E-state index in [4.69, 9.17) is 23.2 Å². The third-order valence-electron chi connectivity index (χ3n) is 3.88. The lowest BCUT2D eigenvalue weighted by molar-refractivity contribution is -0.141. The number of halogens is 5. The highest BCUT2D eigenvalue weighted by molar-refractivity contribution is 7.16. The fourth-order valence-electron chi connectivity index (χ4n) is 2.51. The van der Waals surface area contributed by atoms with Crippen LogP contribution in [0.4, 0.5) is 13.2 Å². The number of benzene rings is 2. The van der Waals surface area contributed by atoms with Crippen LogP contribution in [0, 0.1) is 0 Å². The highest BCUT2D eigenvalue weighted by Crippen LogP contribution is 2.32. The Labute approximate surface area is 175 Å². The molecule has 29 heavy (non-hydrogen) atoms. The van der Waals surface area contributed by atoms with Gasteiger partial charge in [0.25, 0.3) is 5.91 Å². The second kappa shape index (κ2) is 8.17. The summed E-state index contributed by atoms with van der Waals surface area (Å²) in [5.41, 5.74) is -0.844. The lowest BCUT2D eigenvalue weighted by atomic mass is 10.1. The maximum Gasteiger partial charge on any atom is 0.416 e. The van der Waals surface area contributed by atoms with Crippen LogP contribution in [-0.2, 0) is 22.3 Å². The zero-order valence-corrected chi connectivity index (χ0v) is 16.9. The summed E-state index contributed by atoms with van der Waals surface area (Å²) in [6.07, 6.45) is -4.59. The Morgan fingerprint density at radius 1 is 1.21 bits per heavy atom. The van der Waals surface area contributed by atoms with Gasteiger partial charge in [0.15, 0.2) is 4.80 Å². The largest absolute Gasteiger partial charge is 0.468 e. The van der Waals surface area contributed by atoms with E-state index in [1.54, 1.807) is 12.1 Å². The number of hydrogen-bond donors (Lipinski definition) is 0. The maximum absolute atomic E-state index is 12.9. The molecular formula is C18H11Cl2F3N2O3S. The number of carbonyl (C=O) groups is 2. The van der Waals surface area contributed by atoms with E-state index in [1.165, 1.54) is 17.7 Å². The number of carbonyl (C=O) groups excluding carboxylic acids is 2. The summed E-state index contributed by atoms with van der Waals surface area (Å²) in [6.45, 7) is -0.314. The van der Waals surface area contributed by atoms with Gasteiger partial charge in [-0.25, -0.2) is 0 Å². The first-order chi connectivity index (χ1) is 13.6. The quantitative estimate of drug-likeness (QED) is 0.517. The van der Waals surface area contributed by atoms with Crippen LogP contribution in [0.15, 0.2) is 41.4 Å². The molecule has 0 saturated heterocycles. The third-order valence-corrected chi connectivity index (χ3v) is 5.72. The summed E-state index contributed by atoms with van der Waals surface area (Å²) in [6, 6.07) is 7.10. The van der Waals surface area contributed by atoms with Crippen molar-refractivity contribution in [2.75, 3.05) is 7.11 Å². The molecule has 152 valence electrons. The number of fused-ring (bicyclic) bond motifs is 1. The minimum absolute atomic E-state index is 0.0666. The van der Waals surface area contributed by atoms with Gasteiger partial charge in [0.05, 0.1) is 32.9 Å². The lowest BCUT2D eigenvalue weighted by Crippen LogP contribution is -2.22. The minimum Gasteiger partial charge on any atom is -0.468 e. The summed E-state index contributed by atoms with van der Waals surface area (Å²) >= 11 is 13.3. The first-order valence-corrected chi connectivity index (χ1v) is 9.49. The Hall–Kier alpha value is -2.36. The van der Waals surface area contributed by atoms with E-state index >= 15 is 0 Å². The van der Waals surface area contributed by atoms with Gasteiger partial charge in [-0.3, -0.25) is 9.59 Å². The normalized spacial score (nSPS) is 12.4. The number of alkyl halides is 3. The summed E-state index contributed by atoms with van der Waals surface area (Å²) in [7, 11) is 1.19. The van der Waals surface area contributed by atoms with Crippen LogP contribution in [-0.4, -0.2) is 23.6 Å². The molecule has 0 aliphatic heterocycles. The van der Waals surface area contributed by atoms with Crippen LogP contribution < -0.4 is 4.80 Å². The van der Waals surface area contributed by atoms with Crippen LogP contribution in [0.5, 0.6) is 0 Å². The molecule has 0 aliphatic rings. The summed E-state index contributed by atoms with van der Waals surface area (Å²) in [5, 5.41) is 0.378. The first-order valence-electron chi connectivity index (χ1n) is 7.92. The van der Waals surface area contributed by atoms with Crippen LogP contribution in [0.2, 0.25) is 10.0 Å². The molecule has 3 rings (SSSR count). The van der Waals surface area contributed by atoms with Gasteiger partial charge in [0.1, 0.15) is 6.54 Å². The van der Waals surface area contributed by atoms with Crippen LogP contribution in [0.1, 0.15) is 15.9 Å². The van der Waals surface area contributed by atoms with Crippen molar-refractivity contribution in [3.63, 3.8) is 0 Å². The van der Waals surface area contributed by atoms with Gasteiger partial charge >= 0.3 is 12.1 Å². The molecule has 0 N–H and O–H groups in total. The molecule has 0 bridgehead atoms. The van der Waals surface area contributed by atoms with E-state index in [0.717, 1.165) is 23.5 Å². The zero-order chi connectivity index (χ0) is 21.3. The summed E-state index contributed by atoms with van der Waals surface area (Å²) in [4.78, 5) is 28.3. The Kier molecular flexibility index (Phi) is 6.02. The van der Waals surface area contributed by atoms with Crippen LogP contribution in [0.3, 0.4) is 0 Å². The molecule has 0 saturated carbocycles. The lowest BCUT2D eigenvalue weighted by Gasteiger charge is -2.07. The molecule has 0 aliphatic carbocycles. The molecule has 1 aromatic heterocycles. The standard InChI is InChI=1S/C18H11Cl2F3N2O3S/c1-28-13(26)8-25-15-12(6-5-11(19)14(15)20)29-17(25)24-16(27)9-3-2-4-10(7-9)18(21,22)23/h2-7H,8H2,1H3. The minimum atomic E-state index is -4.59. The number of thiazole rings is 1. The molecule has 11 heteroatoms. The third kappa shape index (κ3) is 4.47. The molecule has 2 aromatic carbocycles. The van der Waals surface area contributed by atoms with Crippen molar-refractivity contribution in [3.8, 4) is 0 Å². The Morgan fingerprint density at radius 3 is 2.59 bits per heavy atom. The molecule has 0 fully saturated rings. The number of hydrogen-bond acceptors (Lipinski definition) is 4. The topological polar surface area (TPSA) is 60.7 Å². The van der Waals surface area contributed by atoms with Crippen LogP contribution in [0.25, 0.3) is 10.2 Å². The predicted molar refractivity (Wildman–Crippen MR) is 103 cm³/mol. The summed E-state index contributed by atoms with van der Waals surface area (Å²) in [5.74, 6) is -1.53. The molecule has 3 aromatic rings. The SMILES string of the molecule is COC(=O)Cn1c(=NC(=O)c2cccc(C(F)(F)F)c2)sc2ccc(Cl)c(Cl)c21. The number of esters is 1. The second-order valence-electron chi connectivity index (χ2n) is 5.75. The summed E-state index contributed by atoms with van der Waals surface area (Å²) < 4.78 is 45.3. The van der Waals surface area contributed by atoms with Gasteiger partial charge in [-0.1, -0.05) is 40.6 Å². The van der Waals surface area contributed by atoms with E-state index in [9.17, 15) is 22.8 Å². The molecule has 0 spiro atoms. The van der Waals surface area contributed by atoms with E-state index in [1.807, 2.05) is 0 Å². The number of aromatic nitrogens is 1. The van der Waals surface area contributed by atoms with Gasteiger partial charge in [-0.15, -0.1) is 0 Å². The average Bonchev–Trinajstić information content (AvgIpc) is 3.01. The molecule has 0 radical (unpaired) electrons. The molecule has 5 nitrogen and oxygen atoms in total. The van der Waals surface area contributed by atoms with Crippen molar-refractivity contribution in [3.05, 3.63) is 62.4 Å². The molecule has 1 heterocycles. The van der Waals surface area contributed by atoms with Gasteiger partial charge in [-0.05, 0) is 30.3 Å². The number of nitrogens with zero attached hydrogens (tertiary/aromatic N) is 2. The van der Waals surface area contributed by atoms with E-state index in [2.05, 4.69) is 9.73 Å². The van der Waals surface area contributed by atoms with Crippen molar-refractivity contribution in [2.45, 2.75) is 12.7 Å². The van der Waals surface area contributed by atoms with Crippen LogP contribution >= 0.6 is 34.5 Å². The Bertz CT molecular complexity index is 1190. The van der Waals surface area contributed by atoms with E-state index < -0.39 is 23.6 Å². The molecule has 0 atom stereocenters. The van der Waals surface area contributed by atoms with Gasteiger partial charge in [0.2, 0.25) is 0 Å². The van der Waals surface area contributed by atoms with E-state index in [0.29, 0.717) is 16.3 Å². The zero-order valence-electron chi connectivity index (χ0n) is 14.6. The van der Waals surface area contributed by atoms with Gasteiger partial charge in [0, 0.05) is 5.56 Å². The van der Waals surface area contributed by atoms with Crippen molar-refractivity contribution in [1.29, 1.82) is 0 Å². The highest BCUT2D eigenvalue weighted by Gasteiger charge is 2.31. The number of ether oxygens (including phenoxy) is 1. The highest BCUT2D eigenvalue weighted by atomic mass is 35.5. The molecule has 1 amide bonds. The van der Waals surface area contributed by atoms with Gasteiger partial charge in [-0.2, -0.15) is 18.2 Å². The molecular weight excluding hydrogens is 452 g/mol. The van der Waals surface area contributed by atoms with E-state index in [-0.39, 0.29) is 27.0 Å². The number of amides is 1. The number of rotatable bonds is 3. The first kappa shape index (κ1) is 21.4. The molecule has 0 unspecified atom stereocenters. The predicted octanol–water partition coefficient (Wildman–Crippen LogP) is 4.94. The Morgan fingerprint density at radius 2 is 1.93 bits per heavy atom. The van der Waals surface area contributed by atoms with Crippen molar-refractivity contribution < 1.29 is 27.5 Å². The maximum atomic E-state index is 12.9. The Balaban J connectivity index is 2.17.